The first kappa shape index (κ1) is 10.1. The molecule has 80 valence electrons. The molecule has 0 radical (unpaired) electrons. The lowest BCUT2D eigenvalue weighted by Crippen LogP contribution is -2.37. The van der Waals surface area contributed by atoms with Crippen molar-refractivity contribution < 1.29 is 14.7 Å². The SMILES string of the molecule is CC1=C2CCCCC2(C(=O)O)C=CC1=O. The lowest BCUT2D eigenvalue weighted by molar-refractivity contribution is -0.145. The quantitative estimate of drug-likeness (QED) is 0.714. The topological polar surface area (TPSA) is 54.4 Å². The van der Waals surface area contributed by atoms with Crippen LogP contribution in [0, 0.1) is 5.41 Å². The summed E-state index contributed by atoms with van der Waals surface area (Å²) in [5.41, 5.74) is 0.587. The summed E-state index contributed by atoms with van der Waals surface area (Å²) in [6, 6.07) is 0. The Balaban J connectivity index is 2.55. The van der Waals surface area contributed by atoms with Crippen LogP contribution in [0.2, 0.25) is 0 Å². The standard InChI is InChI=1S/C12H14O3/c1-8-9-4-2-3-6-12(9,11(14)15)7-5-10(8)13/h5,7H,2-4,6H2,1H3,(H,14,15). The van der Waals surface area contributed by atoms with Gasteiger partial charge in [-0.15, -0.1) is 0 Å². The van der Waals surface area contributed by atoms with Crippen LogP contribution < -0.4 is 0 Å². The van der Waals surface area contributed by atoms with Crippen LogP contribution >= 0.6 is 0 Å². The molecule has 0 spiro atoms. The van der Waals surface area contributed by atoms with Crippen LogP contribution in [-0.2, 0) is 9.59 Å². The summed E-state index contributed by atoms with van der Waals surface area (Å²) in [6.07, 6.45) is 6.27. The molecule has 15 heavy (non-hydrogen) atoms. The van der Waals surface area contributed by atoms with Gasteiger partial charge in [0.1, 0.15) is 5.41 Å². The molecule has 0 saturated heterocycles. The number of fused-ring (bicyclic) bond motifs is 1. The molecule has 3 nitrogen and oxygen atoms in total. The summed E-state index contributed by atoms with van der Waals surface area (Å²) in [5, 5.41) is 9.33. The number of carbonyl (C=O) groups is 2. The Bertz CT molecular complexity index is 390. The predicted molar refractivity (Wildman–Crippen MR) is 55.4 cm³/mol. The maximum atomic E-state index is 11.5. The van der Waals surface area contributed by atoms with Crippen molar-refractivity contribution in [2.75, 3.05) is 0 Å². The fraction of sp³-hybridized carbons (Fsp3) is 0.500. The van der Waals surface area contributed by atoms with Gasteiger partial charge in [-0.2, -0.15) is 0 Å². The summed E-state index contributed by atoms with van der Waals surface area (Å²) in [4.78, 5) is 22.8. The summed E-state index contributed by atoms with van der Waals surface area (Å²) < 4.78 is 0. The Morgan fingerprint density at radius 3 is 2.87 bits per heavy atom. The van der Waals surface area contributed by atoms with Crippen molar-refractivity contribution in [3.05, 3.63) is 23.3 Å². The van der Waals surface area contributed by atoms with E-state index in [0.717, 1.165) is 24.8 Å². The highest BCUT2D eigenvalue weighted by Crippen LogP contribution is 2.46. The van der Waals surface area contributed by atoms with Gasteiger partial charge in [-0.1, -0.05) is 12.5 Å². The normalized spacial score (nSPS) is 30.3. The summed E-state index contributed by atoms with van der Waals surface area (Å²) in [6.45, 7) is 1.74. The van der Waals surface area contributed by atoms with Crippen molar-refractivity contribution in [2.24, 2.45) is 5.41 Å². The zero-order valence-electron chi connectivity index (χ0n) is 8.75. The van der Waals surface area contributed by atoms with Crippen LogP contribution in [0.1, 0.15) is 32.6 Å². The minimum Gasteiger partial charge on any atom is -0.480 e. The lowest BCUT2D eigenvalue weighted by Gasteiger charge is -2.36. The van der Waals surface area contributed by atoms with Gasteiger partial charge in [-0.25, -0.2) is 0 Å². The van der Waals surface area contributed by atoms with E-state index >= 15 is 0 Å². The number of allylic oxidation sites excluding steroid dienone is 2. The monoisotopic (exact) mass is 206 g/mol. The van der Waals surface area contributed by atoms with E-state index in [-0.39, 0.29) is 5.78 Å². The fourth-order valence-corrected chi connectivity index (χ4v) is 2.58. The van der Waals surface area contributed by atoms with Crippen LogP contribution in [0.3, 0.4) is 0 Å². The molecule has 2 aliphatic carbocycles. The Morgan fingerprint density at radius 1 is 1.47 bits per heavy atom. The number of carbonyl (C=O) groups excluding carboxylic acids is 1. The van der Waals surface area contributed by atoms with Crippen molar-refractivity contribution in [2.45, 2.75) is 32.6 Å². The van der Waals surface area contributed by atoms with Gasteiger partial charge >= 0.3 is 5.97 Å². The van der Waals surface area contributed by atoms with Crippen molar-refractivity contribution in [1.82, 2.24) is 0 Å². The molecule has 1 atom stereocenters. The third-order valence-corrected chi connectivity index (χ3v) is 3.51. The smallest absolute Gasteiger partial charge is 0.317 e. The molecule has 0 heterocycles. The molecule has 0 aromatic rings. The summed E-state index contributed by atoms with van der Waals surface area (Å²) in [5.74, 6) is -0.857. The number of hydrogen-bond acceptors (Lipinski definition) is 2. The van der Waals surface area contributed by atoms with Crippen molar-refractivity contribution >= 4 is 11.8 Å². The molecule has 3 heteroatoms. The van der Waals surface area contributed by atoms with E-state index in [1.54, 1.807) is 13.0 Å². The molecule has 0 bridgehead atoms. The van der Waals surface area contributed by atoms with Crippen molar-refractivity contribution in [3.63, 3.8) is 0 Å². The first-order valence-electron chi connectivity index (χ1n) is 5.25. The zero-order chi connectivity index (χ0) is 11.1. The van der Waals surface area contributed by atoms with Crippen LogP contribution in [0.25, 0.3) is 0 Å². The molecular weight excluding hydrogens is 192 g/mol. The third kappa shape index (κ3) is 1.34. The lowest BCUT2D eigenvalue weighted by atomic mass is 9.66. The largest absolute Gasteiger partial charge is 0.480 e. The molecule has 0 aromatic heterocycles. The minimum atomic E-state index is -0.879. The third-order valence-electron chi connectivity index (χ3n) is 3.51. The molecule has 2 rings (SSSR count). The van der Waals surface area contributed by atoms with E-state index in [1.807, 2.05) is 0 Å². The highest BCUT2D eigenvalue weighted by Gasteiger charge is 2.44. The van der Waals surface area contributed by atoms with Crippen LogP contribution in [0.5, 0.6) is 0 Å². The number of ketones is 1. The second kappa shape index (κ2) is 3.33. The van der Waals surface area contributed by atoms with Crippen molar-refractivity contribution in [1.29, 1.82) is 0 Å². The number of aliphatic carboxylic acids is 1. The predicted octanol–water partition coefficient (Wildman–Crippen LogP) is 2.09. The Hall–Kier alpha value is -1.38. The molecule has 0 aromatic carbocycles. The van der Waals surface area contributed by atoms with E-state index in [1.165, 1.54) is 6.08 Å². The average molecular weight is 206 g/mol. The highest BCUT2D eigenvalue weighted by atomic mass is 16.4. The number of hydrogen-bond donors (Lipinski definition) is 1. The van der Waals surface area contributed by atoms with Gasteiger partial charge in [-0.3, -0.25) is 9.59 Å². The molecule has 1 unspecified atom stereocenters. The van der Waals surface area contributed by atoms with Gasteiger partial charge in [-0.05, 0) is 43.4 Å². The van der Waals surface area contributed by atoms with Gasteiger partial charge in [0.25, 0.3) is 0 Å². The maximum Gasteiger partial charge on any atom is 0.317 e. The molecule has 0 aliphatic heterocycles. The van der Waals surface area contributed by atoms with E-state index < -0.39 is 11.4 Å². The van der Waals surface area contributed by atoms with E-state index in [4.69, 9.17) is 0 Å². The summed E-state index contributed by atoms with van der Waals surface area (Å²) >= 11 is 0. The van der Waals surface area contributed by atoms with E-state index in [0.29, 0.717) is 12.0 Å². The first-order chi connectivity index (χ1) is 7.08. The maximum absolute atomic E-state index is 11.5. The fourth-order valence-electron chi connectivity index (χ4n) is 2.58. The van der Waals surface area contributed by atoms with Crippen LogP contribution in [0.15, 0.2) is 23.3 Å². The van der Waals surface area contributed by atoms with Gasteiger partial charge in [0.2, 0.25) is 0 Å². The first-order valence-corrected chi connectivity index (χ1v) is 5.25. The summed E-state index contributed by atoms with van der Waals surface area (Å²) in [7, 11) is 0. The molecule has 2 aliphatic rings. The Labute approximate surface area is 88.5 Å². The van der Waals surface area contributed by atoms with Crippen LogP contribution in [0.4, 0.5) is 0 Å². The van der Waals surface area contributed by atoms with Gasteiger partial charge in [0, 0.05) is 0 Å². The van der Waals surface area contributed by atoms with E-state index in [2.05, 4.69) is 0 Å². The Kier molecular flexibility index (Phi) is 2.25. The second-order valence-electron chi connectivity index (χ2n) is 4.28. The number of carboxylic acids is 1. The molecular formula is C12H14O3. The molecule has 1 saturated carbocycles. The van der Waals surface area contributed by atoms with Crippen LogP contribution in [-0.4, -0.2) is 16.9 Å². The highest BCUT2D eigenvalue weighted by molar-refractivity contribution is 6.07. The van der Waals surface area contributed by atoms with Crippen molar-refractivity contribution in [3.8, 4) is 0 Å². The zero-order valence-corrected chi connectivity index (χ0v) is 8.75. The minimum absolute atomic E-state index is 0.0382. The number of rotatable bonds is 1. The molecule has 1 N–H and O–H groups in total. The van der Waals surface area contributed by atoms with E-state index in [9.17, 15) is 14.7 Å². The molecule has 1 fully saturated rings. The second-order valence-corrected chi connectivity index (χ2v) is 4.28. The van der Waals surface area contributed by atoms with Gasteiger partial charge < -0.3 is 5.11 Å². The Morgan fingerprint density at radius 2 is 2.20 bits per heavy atom. The average Bonchev–Trinajstić information content (AvgIpc) is 2.24. The van der Waals surface area contributed by atoms with Gasteiger partial charge in [0.05, 0.1) is 0 Å². The number of carboxylic acid groups (broad SMARTS) is 1. The molecule has 0 amide bonds. The van der Waals surface area contributed by atoms with Gasteiger partial charge in [0.15, 0.2) is 5.78 Å².